The second kappa shape index (κ2) is 12.2. The van der Waals surface area contributed by atoms with Crippen LogP contribution in [0.4, 0.5) is 10.5 Å². The number of halogens is 1. The van der Waals surface area contributed by atoms with Gasteiger partial charge in [-0.25, -0.2) is 0 Å². The number of rotatable bonds is 9. The van der Waals surface area contributed by atoms with Crippen molar-refractivity contribution in [2.24, 2.45) is 0 Å². The number of nitrogens with one attached hydrogen (secondary N) is 1. The lowest BCUT2D eigenvalue weighted by atomic mass is 10.0. The highest BCUT2D eigenvalue weighted by Crippen LogP contribution is 2.37. The molecule has 1 N–H and O–H groups in total. The van der Waals surface area contributed by atoms with Crippen molar-refractivity contribution >= 4 is 52.2 Å². The number of benzene rings is 3. The number of carbonyl (C=O) groups is 3. The lowest BCUT2D eigenvalue weighted by Crippen LogP contribution is -2.36. The fourth-order valence-electron chi connectivity index (χ4n) is 3.77. The van der Waals surface area contributed by atoms with Crippen molar-refractivity contribution in [3.8, 4) is 11.5 Å². The number of amides is 3. The van der Waals surface area contributed by atoms with Crippen LogP contribution >= 0.6 is 23.4 Å². The molecule has 3 amide bonds. The first kappa shape index (κ1) is 27.3. The van der Waals surface area contributed by atoms with Crippen LogP contribution in [0.3, 0.4) is 0 Å². The van der Waals surface area contributed by atoms with E-state index < -0.39 is 17.1 Å². The number of methoxy groups -OCH3 is 1. The lowest BCUT2D eigenvalue weighted by molar-refractivity contribution is -0.127. The summed E-state index contributed by atoms with van der Waals surface area (Å²) in [5.41, 5.74) is 3.21. The zero-order valence-corrected chi connectivity index (χ0v) is 22.8. The second-order valence-corrected chi connectivity index (χ2v) is 10.3. The standard InChI is InChI=1S/C29H27ClN2O5S/c1-18(2)20-9-13-23(14-10-20)31-26(33)16-32-28(34)25(38-29(32)35)15-21-5-4-6-24(36-3)27(21)37-17-19-7-11-22(30)12-8-19/h4-15,18H,16-17H2,1-3H3,(H,31,33)/b25-15+. The third kappa shape index (κ3) is 6.57. The summed E-state index contributed by atoms with van der Waals surface area (Å²) in [6, 6.07) is 20.0. The smallest absolute Gasteiger partial charge is 0.294 e. The number of carbonyl (C=O) groups excluding carboxylic acids is 3. The summed E-state index contributed by atoms with van der Waals surface area (Å²) >= 11 is 6.74. The van der Waals surface area contributed by atoms with Gasteiger partial charge in [0.1, 0.15) is 13.2 Å². The quantitative estimate of drug-likeness (QED) is 0.297. The molecule has 0 aliphatic carbocycles. The Labute approximate surface area is 230 Å². The summed E-state index contributed by atoms with van der Waals surface area (Å²) in [5, 5.41) is 2.85. The molecule has 0 unspecified atom stereocenters. The highest BCUT2D eigenvalue weighted by atomic mass is 35.5. The molecule has 1 saturated heterocycles. The number of anilines is 1. The van der Waals surface area contributed by atoms with E-state index in [9.17, 15) is 14.4 Å². The zero-order valence-electron chi connectivity index (χ0n) is 21.2. The predicted octanol–water partition coefficient (Wildman–Crippen LogP) is 6.73. The SMILES string of the molecule is COc1cccc(/C=C2/SC(=O)N(CC(=O)Nc3ccc(C(C)C)cc3)C2=O)c1OCc1ccc(Cl)cc1. The Morgan fingerprint density at radius 2 is 1.76 bits per heavy atom. The van der Waals surface area contributed by atoms with E-state index in [0.717, 1.165) is 27.8 Å². The molecule has 0 saturated carbocycles. The van der Waals surface area contributed by atoms with Gasteiger partial charge in [-0.15, -0.1) is 0 Å². The number of hydrogen-bond acceptors (Lipinski definition) is 6. The van der Waals surface area contributed by atoms with E-state index in [1.807, 2.05) is 24.3 Å². The molecule has 1 aliphatic rings. The molecule has 1 heterocycles. The Balaban J connectivity index is 1.47. The first-order valence-corrected chi connectivity index (χ1v) is 13.1. The maximum Gasteiger partial charge on any atom is 0.294 e. The molecular formula is C29H27ClN2O5S. The minimum atomic E-state index is -0.545. The van der Waals surface area contributed by atoms with Gasteiger partial charge in [-0.2, -0.15) is 0 Å². The van der Waals surface area contributed by atoms with Crippen molar-refractivity contribution in [2.75, 3.05) is 19.0 Å². The maximum atomic E-state index is 13.1. The Bertz CT molecular complexity index is 1370. The topological polar surface area (TPSA) is 84.9 Å². The molecule has 196 valence electrons. The van der Waals surface area contributed by atoms with E-state index in [1.54, 1.807) is 48.5 Å². The normalized spacial score (nSPS) is 14.3. The van der Waals surface area contributed by atoms with Crippen molar-refractivity contribution in [3.05, 3.63) is 93.3 Å². The molecule has 9 heteroatoms. The highest BCUT2D eigenvalue weighted by Gasteiger charge is 2.36. The summed E-state index contributed by atoms with van der Waals surface area (Å²) in [5.74, 6) is 0.278. The molecule has 3 aromatic rings. The van der Waals surface area contributed by atoms with Crippen LogP contribution in [0.1, 0.15) is 36.5 Å². The third-order valence-corrected chi connectivity index (χ3v) is 7.01. The monoisotopic (exact) mass is 550 g/mol. The molecule has 0 atom stereocenters. The second-order valence-electron chi connectivity index (χ2n) is 8.89. The van der Waals surface area contributed by atoms with E-state index in [2.05, 4.69) is 19.2 Å². The average molecular weight is 551 g/mol. The first-order chi connectivity index (χ1) is 18.2. The fourth-order valence-corrected chi connectivity index (χ4v) is 4.73. The van der Waals surface area contributed by atoms with Gasteiger partial charge in [0.05, 0.1) is 12.0 Å². The maximum absolute atomic E-state index is 13.1. The summed E-state index contributed by atoms with van der Waals surface area (Å²) < 4.78 is 11.5. The van der Waals surface area contributed by atoms with E-state index in [1.165, 1.54) is 7.11 Å². The molecule has 3 aromatic carbocycles. The lowest BCUT2D eigenvalue weighted by Gasteiger charge is -2.14. The van der Waals surface area contributed by atoms with Gasteiger partial charge in [-0.3, -0.25) is 19.3 Å². The highest BCUT2D eigenvalue weighted by molar-refractivity contribution is 8.18. The Morgan fingerprint density at radius 1 is 1.05 bits per heavy atom. The number of thioether (sulfide) groups is 1. The van der Waals surface area contributed by atoms with Gasteiger partial charge < -0.3 is 14.8 Å². The molecule has 0 radical (unpaired) electrons. The minimum Gasteiger partial charge on any atom is -0.493 e. The third-order valence-electron chi connectivity index (χ3n) is 5.85. The first-order valence-electron chi connectivity index (χ1n) is 11.9. The number of nitrogens with zero attached hydrogens (tertiary/aromatic N) is 1. The molecule has 38 heavy (non-hydrogen) atoms. The van der Waals surface area contributed by atoms with Crippen molar-refractivity contribution < 1.29 is 23.9 Å². The fraction of sp³-hybridized carbons (Fsp3) is 0.207. The van der Waals surface area contributed by atoms with Crippen LogP contribution in [0.15, 0.2) is 71.6 Å². The van der Waals surface area contributed by atoms with E-state index >= 15 is 0 Å². The molecule has 7 nitrogen and oxygen atoms in total. The van der Waals surface area contributed by atoms with Crippen molar-refractivity contribution in [1.29, 1.82) is 0 Å². The molecule has 0 bridgehead atoms. The van der Waals surface area contributed by atoms with Crippen molar-refractivity contribution in [2.45, 2.75) is 26.4 Å². The van der Waals surface area contributed by atoms with Crippen LogP contribution in [0.25, 0.3) is 6.08 Å². The largest absolute Gasteiger partial charge is 0.493 e. The zero-order chi connectivity index (χ0) is 27.2. The van der Waals surface area contributed by atoms with Gasteiger partial charge in [0.15, 0.2) is 11.5 Å². The summed E-state index contributed by atoms with van der Waals surface area (Å²) in [6.07, 6.45) is 1.58. The van der Waals surface area contributed by atoms with Gasteiger partial charge >= 0.3 is 0 Å². The van der Waals surface area contributed by atoms with Gasteiger partial charge in [-0.05, 0) is 65.2 Å². The predicted molar refractivity (Wildman–Crippen MR) is 151 cm³/mol. The van der Waals surface area contributed by atoms with Gasteiger partial charge in [0.25, 0.3) is 11.1 Å². The van der Waals surface area contributed by atoms with E-state index in [0.29, 0.717) is 33.7 Å². The summed E-state index contributed by atoms with van der Waals surface area (Å²) in [7, 11) is 1.52. The number of para-hydroxylation sites is 1. The van der Waals surface area contributed by atoms with Gasteiger partial charge in [-0.1, -0.05) is 61.8 Å². The van der Waals surface area contributed by atoms with E-state index in [-0.39, 0.29) is 18.1 Å². The van der Waals surface area contributed by atoms with Gasteiger partial charge in [0.2, 0.25) is 5.91 Å². The van der Waals surface area contributed by atoms with Crippen molar-refractivity contribution in [1.82, 2.24) is 4.90 Å². The molecule has 0 spiro atoms. The molecule has 4 rings (SSSR count). The molecule has 0 aromatic heterocycles. The van der Waals surface area contributed by atoms with Crippen LogP contribution in [-0.2, 0) is 16.2 Å². The van der Waals surface area contributed by atoms with Crippen LogP contribution in [0, 0.1) is 0 Å². The molecule has 1 fully saturated rings. The van der Waals surface area contributed by atoms with Crippen LogP contribution in [0.2, 0.25) is 5.02 Å². The minimum absolute atomic E-state index is 0.189. The number of imide groups is 1. The summed E-state index contributed by atoms with van der Waals surface area (Å²) in [6.45, 7) is 4.03. The van der Waals surface area contributed by atoms with Crippen LogP contribution in [-0.4, -0.2) is 35.6 Å². The Hall–Kier alpha value is -3.75. The molecular weight excluding hydrogens is 524 g/mol. The van der Waals surface area contributed by atoms with E-state index in [4.69, 9.17) is 21.1 Å². The van der Waals surface area contributed by atoms with Gasteiger partial charge in [0, 0.05) is 16.3 Å². The Kier molecular flexibility index (Phi) is 8.76. The molecule has 1 aliphatic heterocycles. The van der Waals surface area contributed by atoms with Crippen LogP contribution in [0.5, 0.6) is 11.5 Å². The average Bonchev–Trinajstić information content (AvgIpc) is 3.16. The summed E-state index contributed by atoms with van der Waals surface area (Å²) in [4.78, 5) is 39.4. The van der Waals surface area contributed by atoms with Crippen molar-refractivity contribution in [3.63, 3.8) is 0 Å². The Morgan fingerprint density at radius 3 is 2.42 bits per heavy atom. The number of ether oxygens (including phenoxy) is 2. The van der Waals surface area contributed by atoms with Crippen LogP contribution < -0.4 is 14.8 Å². The number of hydrogen-bond donors (Lipinski definition) is 1.